The van der Waals surface area contributed by atoms with Crippen LogP contribution < -0.4 is 19.4 Å². The number of nitrogens with zero attached hydrogens (tertiary/aromatic N) is 2. The number of morpholine rings is 2. The van der Waals surface area contributed by atoms with Gasteiger partial charge in [-0.05, 0) is 24.6 Å². The standard InChI is InChI=1S/C20H16F3NO7S.C20H21NO7/c21-20(22,23)32(27,28)31-15-11-13(24-6-8-29-9-7-24)10-14-16(15)17(25)18(26)19(30-14)12-4-2-1-3-5-12;1-11(22)19-14(23)6-12(7-15(19)24)8-16(25)20-17(26)9-13(10-18(20)27)21-2-4-28-5-3-21/h1-5,10-11,26H,6-9H2;6-7,9-10,23-24,26-27H,2-5,8H2,1H3. The molecule has 60 heavy (non-hydrogen) atoms. The lowest BCUT2D eigenvalue weighted by Crippen LogP contribution is -2.36. The van der Waals surface area contributed by atoms with Crippen LogP contribution in [0, 0.1) is 0 Å². The maximum absolute atomic E-state index is 12.9. The van der Waals surface area contributed by atoms with Crippen molar-refractivity contribution in [3.63, 3.8) is 0 Å². The Balaban J connectivity index is 0.000000203. The lowest BCUT2D eigenvalue weighted by atomic mass is 9.98. The van der Waals surface area contributed by atoms with Crippen molar-refractivity contribution in [2.45, 2.75) is 18.9 Å². The normalized spacial score (nSPS) is 14.7. The molecule has 0 amide bonds. The molecule has 0 saturated carbocycles. The smallest absolute Gasteiger partial charge is 0.507 e. The monoisotopic (exact) mass is 858 g/mol. The van der Waals surface area contributed by atoms with Crippen molar-refractivity contribution in [2.75, 3.05) is 62.4 Å². The van der Waals surface area contributed by atoms with Crippen molar-refractivity contribution < 1.29 is 74.8 Å². The van der Waals surface area contributed by atoms with Gasteiger partial charge in [-0.1, -0.05) is 30.3 Å². The number of hydrogen-bond donors (Lipinski definition) is 5. The quantitative estimate of drug-likeness (QED) is 0.0728. The van der Waals surface area contributed by atoms with Crippen LogP contribution in [0.5, 0.6) is 34.5 Å². The average molecular weight is 859 g/mol. The number of halogens is 3. The largest absolute Gasteiger partial charge is 0.534 e. The van der Waals surface area contributed by atoms with Crippen LogP contribution in [0.25, 0.3) is 22.3 Å². The Kier molecular flexibility index (Phi) is 12.5. The Morgan fingerprint density at radius 1 is 0.750 bits per heavy atom. The molecule has 3 heterocycles. The van der Waals surface area contributed by atoms with E-state index in [1.165, 1.54) is 37.3 Å². The first-order chi connectivity index (χ1) is 28.4. The molecule has 0 atom stereocenters. The molecule has 0 spiro atoms. The third-order valence-corrected chi connectivity index (χ3v) is 10.4. The molecule has 0 unspecified atom stereocenters. The molecule has 20 heteroatoms. The molecular weight excluding hydrogens is 822 g/mol. The van der Waals surface area contributed by atoms with E-state index in [9.17, 15) is 61.5 Å². The van der Waals surface area contributed by atoms with Gasteiger partial charge in [-0.15, -0.1) is 0 Å². The van der Waals surface area contributed by atoms with Crippen LogP contribution in [0.1, 0.15) is 33.2 Å². The zero-order valence-electron chi connectivity index (χ0n) is 31.6. The van der Waals surface area contributed by atoms with Crippen LogP contribution in [-0.2, 0) is 26.0 Å². The summed E-state index contributed by atoms with van der Waals surface area (Å²) < 4.78 is 82.7. The zero-order valence-corrected chi connectivity index (χ0v) is 32.4. The second-order valence-electron chi connectivity index (χ2n) is 13.5. The number of hydrogen-bond acceptors (Lipinski definition) is 16. The van der Waals surface area contributed by atoms with E-state index in [0.29, 0.717) is 63.9 Å². The topological polar surface area (TPSA) is 234 Å². The minimum Gasteiger partial charge on any atom is -0.507 e. The fraction of sp³-hybridized carbons (Fsp3) is 0.275. The van der Waals surface area contributed by atoms with Gasteiger partial charge >= 0.3 is 15.6 Å². The summed E-state index contributed by atoms with van der Waals surface area (Å²) in [6.07, 6.45) is -0.294. The Morgan fingerprint density at radius 2 is 1.25 bits per heavy atom. The number of aromatic hydroxyl groups is 5. The summed E-state index contributed by atoms with van der Waals surface area (Å²) in [6.45, 7) is 4.88. The van der Waals surface area contributed by atoms with Crippen molar-refractivity contribution in [3.05, 3.63) is 93.6 Å². The minimum atomic E-state index is -6.09. The van der Waals surface area contributed by atoms with Crippen LogP contribution >= 0.6 is 0 Å². The Bertz CT molecular complexity index is 2560. The number of Topliss-reactive ketones (excluding diaryl/α,β-unsaturated/α-hetero) is 2. The van der Waals surface area contributed by atoms with Crippen LogP contribution in [0.15, 0.2) is 75.9 Å². The predicted molar refractivity (Wildman–Crippen MR) is 209 cm³/mol. The first-order valence-electron chi connectivity index (χ1n) is 18.1. The molecule has 7 rings (SSSR count). The van der Waals surface area contributed by atoms with E-state index in [1.54, 1.807) is 35.2 Å². The summed E-state index contributed by atoms with van der Waals surface area (Å²) in [5, 5.41) is 50.2. The van der Waals surface area contributed by atoms with Crippen molar-refractivity contribution >= 4 is 44.0 Å². The number of phenols is 4. The second kappa shape index (κ2) is 17.4. The van der Waals surface area contributed by atoms with Crippen LogP contribution in [0.3, 0.4) is 0 Å². The van der Waals surface area contributed by atoms with Gasteiger partial charge < -0.3 is 53.4 Å². The Hall–Kier alpha value is -6.51. The van der Waals surface area contributed by atoms with Gasteiger partial charge in [0, 0.05) is 73.8 Å². The van der Waals surface area contributed by atoms with E-state index in [-0.39, 0.29) is 51.6 Å². The van der Waals surface area contributed by atoms with Gasteiger partial charge in [0.25, 0.3) is 0 Å². The van der Waals surface area contributed by atoms with E-state index < -0.39 is 61.0 Å². The molecule has 0 radical (unpaired) electrons. The molecule has 2 aliphatic rings. The maximum Gasteiger partial charge on any atom is 0.534 e. The number of ketones is 2. The van der Waals surface area contributed by atoms with Gasteiger partial charge in [-0.25, -0.2) is 0 Å². The number of fused-ring (bicyclic) bond motifs is 1. The van der Waals surface area contributed by atoms with E-state index >= 15 is 0 Å². The van der Waals surface area contributed by atoms with Crippen LogP contribution in [-0.4, -0.2) is 104 Å². The summed E-state index contributed by atoms with van der Waals surface area (Å²) in [5.41, 5.74) is -6.15. The number of rotatable bonds is 9. The lowest BCUT2D eigenvalue weighted by molar-refractivity contribution is -0.0499. The summed E-state index contributed by atoms with van der Waals surface area (Å²) in [7, 11) is -6.09. The molecule has 5 N–H and O–H groups in total. The zero-order chi connectivity index (χ0) is 43.5. The molecular formula is C40H37F3N2O14S. The number of anilines is 2. The van der Waals surface area contributed by atoms with E-state index in [1.807, 2.05) is 4.90 Å². The maximum atomic E-state index is 12.9. The highest BCUT2D eigenvalue weighted by Gasteiger charge is 2.49. The summed E-state index contributed by atoms with van der Waals surface area (Å²) in [6, 6.07) is 15.7. The van der Waals surface area contributed by atoms with E-state index in [0.717, 1.165) is 6.07 Å². The first-order valence-corrected chi connectivity index (χ1v) is 19.5. The Labute approximate surface area is 338 Å². The second-order valence-corrected chi connectivity index (χ2v) is 15.0. The molecule has 5 aromatic rings. The highest BCUT2D eigenvalue weighted by atomic mass is 32.2. The number of phenolic OH excluding ortho intramolecular Hbond substituents is 4. The molecule has 16 nitrogen and oxygen atoms in total. The fourth-order valence-corrected chi connectivity index (χ4v) is 7.04. The minimum absolute atomic E-state index is 0.216. The molecule has 2 aliphatic heterocycles. The highest BCUT2D eigenvalue weighted by Crippen LogP contribution is 2.39. The summed E-state index contributed by atoms with van der Waals surface area (Å²) >= 11 is 0. The SMILES string of the molecule is CC(=O)c1c(O)cc(CC(=O)c2c(O)cc(N3CCOCC3)cc2O)cc1O.O=c1c(O)c(-c2ccccc2)oc2cc(N3CCOCC3)cc(OS(=O)(=O)C(F)(F)F)c12. The number of ether oxygens (including phenoxy) is 2. The number of carbonyl (C=O) groups is 2. The van der Waals surface area contributed by atoms with Crippen molar-refractivity contribution in [2.24, 2.45) is 0 Å². The number of alkyl halides is 3. The Morgan fingerprint density at radius 3 is 1.75 bits per heavy atom. The van der Waals surface area contributed by atoms with E-state index in [2.05, 4.69) is 4.18 Å². The van der Waals surface area contributed by atoms with Gasteiger partial charge in [0.1, 0.15) is 45.1 Å². The highest BCUT2D eigenvalue weighted by molar-refractivity contribution is 7.88. The van der Waals surface area contributed by atoms with Crippen LogP contribution in [0.4, 0.5) is 24.5 Å². The first kappa shape index (κ1) is 43.1. The van der Waals surface area contributed by atoms with Crippen molar-refractivity contribution in [1.29, 1.82) is 0 Å². The van der Waals surface area contributed by atoms with E-state index in [4.69, 9.17) is 13.9 Å². The van der Waals surface area contributed by atoms with Crippen LogP contribution in [0.2, 0.25) is 0 Å². The lowest BCUT2D eigenvalue weighted by Gasteiger charge is -2.29. The van der Waals surface area contributed by atoms with Gasteiger partial charge in [0.2, 0.25) is 11.2 Å². The third kappa shape index (κ3) is 9.19. The molecule has 0 bridgehead atoms. The molecule has 318 valence electrons. The molecule has 4 aromatic carbocycles. The molecule has 2 saturated heterocycles. The van der Waals surface area contributed by atoms with Gasteiger partial charge in [-0.3, -0.25) is 14.4 Å². The fourth-order valence-electron chi connectivity index (χ4n) is 6.57. The summed E-state index contributed by atoms with van der Waals surface area (Å²) in [4.78, 5) is 40.5. The number of carbonyl (C=O) groups excluding carboxylic acids is 2. The summed E-state index contributed by atoms with van der Waals surface area (Å²) in [5.74, 6) is -4.72. The van der Waals surface area contributed by atoms with Gasteiger partial charge in [-0.2, -0.15) is 21.6 Å². The van der Waals surface area contributed by atoms with Crippen molar-refractivity contribution in [3.8, 4) is 45.8 Å². The van der Waals surface area contributed by atoms with Gasteiger partial charge in [0.15, 0.2) is 23.1 Å². The third-order valence-electron chi connectivity index (χ3n) is 9.42. The van der Waals surface area contributed by atoms with Crippen molar-refractivity contribution in [1.82, 2.24) is 0 Å². The van der Waals surface area contributed by atoms with Gasteiger partial charge in [0.05, 0.1) is 26.4 Å². The average Bonchev–Trinajstić information content (AvgIpc) is 3.19. The molecule has 2 fully saturated rings. The number of benzene rings is 4. The molecule has 1 aromatic heterocycles. The molecule has 0 aliphatic carbocycles. The predicted octanol–water partition coefficient (Wildman–Crippen LogP) is 5.20.